The monoisotopic (exact) mass is 451 g/mol. The van der Waals surface area contributed by atoms with Crippen molar-refractivity contribution in [1.82, 2.24) is 15.0 Å². The molecule has 0 spiro atoms. The fourth-order valence-corrected chi connectivity index (χ4v) is 3.01. The second-order valence-electron chi connectivity index (χ2n) is 6.75. The van der Waals surface area contributed by atoms with Crippen LogP contribution in [-0.4, -0.2) is 26.8 Å². The van der Waals surface area contributed by atoms with Crippen molar-refractivity contribution in [2.45, 2.75) is 26.6 Å². The third-order valence-corrected chi connectivity index (χ3v) is 4.65. The molecule has 3 aromatic rings. The Bertz CT molecular complexity index is 1140. The summed E-state index contributed by atoms with van der Waals surface area (Å²) in [4.78, 5) is 24.7. The van der Waals surface area contributed by atoms with Gasteiger partial charge in [0.05, 0.1) is 22.0 Å². The Hall–Kier alpha value is -3.40. The van der Waals surface area contributed by atoms with E-state index in [2.05, 4.69) is 20.9 Å². The molecule has 0 aliphatic rings. The molecule has 0 saturated carbocycles. The zero-order valence-corrected chi connectivity index (χ0v) is 17.2. The van der Waals surface area contributed by atoms with Crippen LogP contribution in [0.25, 0.3) is 0 Å². The highest BCUT2D eigenvalue weighted by Crippen LogP contribution is 2.30. The van der Waals surface area contributed by atoms with Crippen LogP contribution in [0, 0.1) is 13.8 Å². The summed E-state index contributed by atoms with van der Waals surface area (Å²) >= 11 is 6.10. The van der Waals surface area contributed by atoms with Gasteiger partial charge in [-0.1, -0.05) is 28.9 Å². The van der Waals surface area contributed by atoms with E-state index < -0.39 is 23.6 Å². The van der Waals surface area contributed by atoms with Gasteiger partial charge >= 0.3 is 6.18 Å². The molecule has 0 radical (unpaired) electrons. The van der Waals surface area contributed by atoms with Crippen LogP contribution in [0.5, 0.6) is 0 Å². The molecule has 2 aromatic carbocycles. The lowest BCUT2D eigenvalue weighted by molar-refractivity contribution is -0.137. The summed E-state index contributed by atoms with van der Waals surface area (Å²) in [7, 11) is 0. The number of carbonyl (C=O) groups excluding carboxylic acids is 2. The Morgan fingerprint density at radius 1 is 1.10 bits per heavy atom. The third kappa shape index (κ3) is 5.40. The van der Waals surface area contributed by atoms with E-state index in [1.165, 1.54) is 23.7 Å². The number of rotatable bonds is 5. The minimum absolute atomic E-state index is 0.0412. The van der Waals surface area contributed by atoms with Crippen molar-refractivity contribution in [1.29, 1.82) is 0 Å². The predicted molar refractivity (Wildman–Crippen MR) is 109 cm³/mol. The standard InChI is InChI=1S/C20H17ClF3N5O2/c1-11-6-7-16(15(21)8-11)26-17(30)10-29-12(2)18(27-28-29)19(31)25-14-5-3-4-13(9-14)20(22,23)24/h3-9H,10H2,1-2H3,(H,25,31)(H,26,30). The van der Waals surface area contributed by atoms with Gasteiger partial charge in [0.25, 0.3) is 5.91 Å². The van der Waals surface area contributed by atoms with E-state index in [9.17, 15) is 22.8 Å². The molecule has 0 saturated heterocycles. The first kappa shape index (κ1) is 22.3. The Labute approximate surface area is 180 Å². The number of carbonyl (C=O) groups is 2. The first-order valence-corrected chi connectivity index (χ1v) is 9.37. The maximum atomic E-state index is 12.8. The van der Waals surface area contributed by atoms with Gasteiger partial charge in [0.15, 0.2) is 5.69 Å². The summed E-state index contributed by atoms with van der Waals surface area (Å²) in [6.45, 7) is 3.15. The summed E-state index contributed by atoms with van der Waals surface area (Å²) in [5.74, 6) is -1.19. The first-order valence-electron chi connectivity index (χ1n) is 8.99. The number of aryl methyl sites for hydroxylation is 1. The number of anilines is 2. The van der Waals surface area contributed by atoms with Gasteiger partial charge in [-0.15, -0.1) is 5.10 Å². The van der Waals surface area contributed by atoms with Gasteiger partial charge in [-0.2, -0.15) is 13.2 Å². The molecule has 7 nitrogen and oxygen atoms in total. The van der Waals surface area contributed by atoms with Crippen LogP contribution in [0.2, 0.25) is 5.02 Å². The normalized spacial score (nSPS) is 11.3. The van der Waals surface area contributed by atoms with Crippen LogP contribution in [0.1, 0.15) is 27.3 Å². The molecule has 0 aliphatic carbocycles. The van der Waals surface area contributed by atoms with Crippen molar-refractivity contribution in [2.75, 3.05) is 10.6 Å². The van der Waals surface area contributed by atoms with E-state index >= 15 is 0 Å². The molecule has 0 fully saturated rings. The highest BCUT2D eigenvalue weighted by molar-refractivity contribution is 6.33. The topological polar surface area (TPSA) is 88.9 Å². The van der Waals surface area contributed by atoms with Gasteiger partial charge in [-0.05, 0) is 49.7 Å². The Morgan fingerprint density at radius 3 is 2.52 bits per heavy atom. The fraction of sp³-hybridized carbons (Fsp3) is 0.200. The van der Waals surface area contributed by atoms with Crippen molar-refractivity contribution in [2.24, 2.45) is 0 Å². The molecule has 0 unspecified atom stereocenters. The molecule has 0 aliphatic heterocycles. The molecule has 0 bridgehead atoms. The van der Waals surface area contributed by atoms with Crippen LogP contribution in [0.15, 0.2) is 42.5 Å². The highest BCUT2D eigenvalue weighted by atomic mass is 35.5. The molecule has 2 amide bonds. The second kappa shape index (κ2) is 8.76. The van der Waals surface area contributed by atoms with Crippen LogP contribution in [0.4, 0.5) is 24.5 Å². The Balaban J connectivity index is 1.69. The number of nitrogens with zero attached hydrogens (tertiary/aromatic N) is 3. The van der Waals surface area contributed by atoms with Gasteiger partial charge in [-0.25, -0.2) is 4.68 Å². The number of aromatic nitrogens is 3. The zero-order valence-electron chi connectivity index (χ0n) is 16.4. The van der Waals surface area contributed by atoms with E-state index in [1.54, 1.807) is 18.2 Å². The Morgan fingerprint density at radius 2 is 1.84 bits per heavy atom. The SMILES string of the molecule is Cc1ccc(NC(=O)Cn2nnc(C(=O)Nc3cccc(C(F)(F)F)c3)c2C)c(Cl)c1. The molecular weight excluding hydrogens is 435 g/mol. The quantitative estimate of drug-likeness (QED) is 0.599. The van der Waals surface area contributed by atoms with Crippen LogP contribution in [0.3, 0.4) is 0 Å². The van der Waals surface area contributed by atoms with Crippen LogP contribution in [-0.2, 0) is 17.5 Å². The average molecular weight is 452 g/mol. The van der Waals surface area contributed by atoms with Gasteiger partial charge in [-0.3, -0.25) is 9.59 Å². The fourth-order valence-electron chi connectivity index (χ4n) is 2.73. The number of alkyl halides is 3. The van der Waals surface area contributed by atoms with E-state index in [1.807, 2.05) is 6.92 Å². The van der Waals surface area contributed by atoms with Crippen molar-refractivity contribution in [3.8, 4) is 0 Å². The minimum atomic E-state index is -4.53. The molecule has 162 valence electrons. The Kier molecular flexibility index (Phi) is 6.30. The summed E-state index contributed by atoms with van der Waals surface area (Å²) in [6, 6.07) is 9.38. The first-order chi connectivity index (χ1) is 14.5. The molecule has 2 N–H and O–H groups in total. The van der Waals surface area contributed by atoms with E-state index in [0.717, 1.165) is 17.7 Å². The molecule has 0 atom stereocenters. The third-order valence-electron chi connectivity index (χ3n) is 4.34. The molecule has 1 heterocycles. The summed E-state index contributed by atoms with van der Waals surface area (Å²) < 4.78 is 39.7. The lowest BCUT2D eigenvalue weighted by atomic mass is 10.2. The van der Waals surface area contributed by atoms with E-state index in [0.29, 0.717) is 10.7 Å². The molecule has 3 rings (SSSR count). The van der Waals surface area contributed by atoms with Crippen molar-refractivity contribution < 1.29 is 22.8 Å². The lowest BCUT2D eigenvalue weighted by Crippen LogP contribution is -2.21. The van der Waals surface area contributed by atoms with Gasteiger partial charge in [0.2, 0.25) is 5.91 Å². The van der Waals surface area contributed by atoms with Crippen molar-refractivity contribution in [3.63, 3.8) is 0 Å². The molecule has 11 heteroatoms. The number of nitrogens with one attached hydrogen (secondary N) is 2. The van der Waals surface area contributed by atoms with E-state index in [-0.39, 0.29) is 23.6 Å². The van der Waals surface area contributed by atoms with Crippen LogP contribution < -0.4 is 10.6 Å². The molecule has 31 heavy (non-hydrogen) atoms. The summed E-state index contributed by atoms with van der Waals surface area (Å²) in [6.07, 6.45) is -4.53. The number of benzene rings is 2. The largest absolute Gasteiger partial charge is 0.416 e. The summed E-state index contributed by atoms with van der Waals surface area (Å²) in [5.41, 5.74) is 0.593. The molecule has 1 aromatic heterocycles. The zero-order chi connectivity index (χ0) is 22.8. The van der Waals surface area contributed by atoms with Gasteiger partial charge in [0.1, 0.15) is 6.54 Å². The number of hydrogen-bond acceptors (Lipinski definition) is 4. The van der Waals surface area contributed by atoms with E-state index in [4.69, 9.17) is 11.6 Å². The van der Waals surface area contributed by atoms with Crippen molar-refractivity contribution in [3.05, 3.63) is 70.0 Å². The number of halogens is 4. The lowest BCUT2D eigenvalue weighted by Gasteiger charge is -2.10. The summed E-state index contributed by atoms with van der Waals surface area (Å²) in [5, 5.41) is 12.9. The maximum Gasteiger partial charge on any atom is 0.416 e. The number of hydrogen-bond donors (Lipinski definition) is 2. The predicted octanol–water partition coefficient (Wildman–Crippen LogP) is 4.46. The second-order valence-corrected chi connectivity index (χ2v) is 7.15. The molecular formula is C20H17ClF3N5O2. The van der Waals surface area contributed by atoms with Gasteiger partial charge in [0, 0.05) is 5.69 Å². The van der Waals surface area contributed by atoms with Gasteiger partial charge < -0.3 is 10.6 Å². The van der Waals surface area contributed by atoms with Crippen molar-refractivity contribution >= 4 is 34.8 Å². The highest BCUT2D eigenvalue weighted by Gasteiger charge is 2.30. The average Bonchev–Trinajstić information content (AvgIpc) is 3.04. The minimum Gasteiger partial charge on any atom is -0.323 e. The number of amides is 2. The maximum absolute atomic E-state index is 12.8. The van der Waals surface area contributed by atoms with Crippen LogP contribution >= 0.6 is 11.6 Å². The smallest absolute Gasteiger partial charge is 0.323 e.